The predicted octanol–water partition coefficient (Wildman–Crippen LogP) is 5.74. The lowest BCUT2D eigenvalue weighted by atomic mass is 10.1. The Bertz CT molecular complexity index is 1240. The zero-order valence-electron chi connectivity index (χ0n) is 21.4. The van der Waals surface area contributed by atoms with Crippen LogP contribution in [0.3, 0.4) is 0 Å². The molecule has 1 heterocycles. The van der Waals surface area contributed by atoms with Gasteiger partial charge in [-0.05, 0) is 79.0 Å². The van der Waals surface area contributed by atoms with E-state index in [1.807, 2.05) is 78.6 Å². The molecule has 2 amide bonds. The van der Waals surface area contributed by atoms with Gasteiger partial charge in [-0.2, -0.15) is 0 Å². The van der Waals surface area contributed by atoms with E-state index in [9.17, 15) is 9.59 Å². The van der Waals surface area contributed by atoms with Gasteiger partial charge in [0, 0.05) is 23.8 Å². The van der Waals surface area contributed by atoms with E-state index in [1.165, 1.54) is 0 Å². The first-order valence-electron chi connectivity index (χ1n) is 12.9. The largest absolute Gasteiger partial charge is 0.494 e. The standard InChI is InChI=1S/C30H32ClN3O3S/c1-2-20-37-26-14-12-25(13-15-26)32-28(35)21-27-29(36)34(19-17-22-6-4-3-5-7-22)30(38)33(27)18-16-23-8-10-24(31)11-9-23/h3-15,27H,2,16-21H2,1H3,(H,32,35). The summed E-state index contributed by atoms with van der Waals surface area (Å²) < 4.78 is 5.61. The quantitative estimate of drug-likeness (QED) is 0.292. The molecule has 0 spiro atoms. The van der Waals surface area contributed by atoms with Crippen LogP contribution in [0, 0.1) is 0 Å². The molecule has 3 aromatic carbocycles. The highest BCUT2D eigenvalue weighted by atomic mass is 35.5. The summed E-state index contributed by atoms with van der Waals surface area (Å²) in [4.78, 5) is 30.1. The summed E-state index contributed by atoms with van der Waals surface area (Å²) >= 11 is 11.8. The molecular weight excluding hydrogens is 518 g/mol. The molecule has 8 heteroatoms. The first-order chi connectivity index (χ1) is 18.4. The molecule has 1 aliphatic heterocycles. The van der Waals surface area contributed by atoms with E-state index in [0.29, 0.717) is 48.4 Å². The molecule has 0 aliphatic carbocycles. The van der Waals surface area contributed by atoms with Gasteiger partial charge in [-0.15, -0.1) is 0 Å². The molecule has 1 aliphatic rings. The smallest absolute Gasteiger partial charge is 0.252 e. The molecule has 1 N–H and O–H groups in total. The van der Waals surface area contributed by atoms with E-state index in [2.05, 4.69) is 5.32 Å². The molecule has 0 bridgehead atoms. The Morgan fingerprint density at radius 2 is 1.61 bits per heavy atom. The number of carbonyl (C=O) groups is 2. The summed E-state index contributed by atoms with van der Waals surface area (Å²) in [7, 11) is 0. The van der Waals surface area contributed by atoms with E-state index < -0.39 is 6.04 Å². The summed E-state index contributed by atoms with van der Waals surface area (Å²) in [6, 6.07) is 24.2. The number of anilines is 1. The van der Waals surface area contributed by atoms with Crippen molar-refractivity contribution >= 4 is 46.4 Å². The minimum absolute atomic E-state index is 0.00944. The third-order valence-corrected chi connectivity index (χ3v) is 7.12. The van der Waals surface area contributed by atoms with Gasteiger partial charge in [0.2, 0.25) is 5.91 Å². The topological polar surface area (TPSA) is 61.9 Å². The van der Waals surface area contributed by atoms with E-state index in [-0.39, 0.29) is 18.2 Å². The number of halogens is 1. The fourth-order valence-electron chi connectivity index (χ4n) is 4.38. The lowest BCUT2D eigenvalue weighted by molar-refractivity contribution is -0.130. The Hall–Kier alpha value is -3.42. The number of nitrogens with one attached hydrogen (secondary N) is 1. The molecule has 4 rings (SSSR count). The lowest BCUT2D eigenvalue weighted by Gasteiger charge is -2.24. The van der Waals surface area contributed by atoms with Gasteiger partial charge >= 0.3 is 0 Å². The van der Waals surface area contributed by atoms with E-state index in [4.69, 9.17) is 28.6 Å². The van der Waals surface area contributed by atoms with Crippen LogP contribution in [0.15, 0.2) is 78.9 Å². The second-order valence-corrected chi connectivity index (χ2v) is 10.0. The van der Waals surface area contributed by atoms with Crippen molar-refractivity contribution in [2.45, 2.75) is 38.6 Å². The van der Waals surface area contributed by atoms with Crippen LogP contribution in [-0.2, 0) is 22.4 Å². The van der Waals surface area contributed by atoms with Crippen LogP contribution in [0.4, 0.5) is 5.69 Å². The van der Waals surface area contributed by atoms with Crippen molar-refractivity contribution in [2.24, 2.45) is 0 Å². The maximum absolute atomic E-state index is 13.5. The first-order valence-corrected chi connectivity index (χ1v) is 13.7. The van der Waals surface area contributed by atoms with Gasteiger partial charge in [-0.25, -0.2) is 0 Å². The molecule has 38 heavy (non-hydrogen) atoms. The van der Waals surface area contributed by atoms with Gasteiger partial charge in [0.25, 0.3) is 5.91 Å². The van der Waals surface area contributed by atoms with Crippen LogP contribution in [0.2, 0.25) is 5.02 Å². The Morgan fingerprint density at radius 1 is 0.947 bits per heavy atom. The third-order valence-electron chi connectivity index (χ3n) is 6.42. The molecule has 0 radical (unpaired) electrons. The fourth-order valence-corrected chi connectivity index (χ4v) is 4.90. The van der Waals surface area contributed by atoms with Gasteiger partial charge in [0.05, 0.1) is 13.0 Å². The molecule has 1 saturated heterocycles. The van der Waals surface area contributed by atoms with Gasteiger partial charge in [-0.3, -0.25) is 14.5 Å². The highest BCUT2D eigenvalue weighted by molar-refractivity contribution is 7.80. The third kappa shape index (κ3) is 7.33. The Balaban J connectivity index is 1.44. The molecule has 198 valence electrons. The number of rotatable bonds is 12. The Morgan fingerprint density at radius 3 is 2.29 bits per heavy atom. The maximum atomic E-state index is 13.5. The SMILES string of the molecule is CCCOc1ccc(NC(=O)CC2C(=O)N(CCc3ccccc3)C(=S)N2CCc2ccc(Cl)cc2)cc1. The van der Waals surface area contributed by atoms with Crippen molar-refractivity contribution in [1.82, 2.24) is 9.80 Å². The van der Waals surface area contributed by atoms with Gasteiger partial charge in [-0.1, -0.05) is 61.0 Å². The first kappa shape index (κ1) is 27.6. The highest BCUT2D eigenvalue weighted by Gasteiger charge is 2.42. The monoisotopic (exact) mass is 549 g/mol. The van der Waals surface area contributed by atoms with E-state index in [0.717, 1.165) is 23.3 Å². The molecule has 1 unspecified atom stereocenters. The van der Waals surface area contributed by atoms with Crippen LogP contribution >= 0.6 is 23.8 Å². The second kappa shape index (κ2) is 13.4. The number of benzene rings is 3. The van der Waals surface area contributed by atoms with Crippen LogP contribution < -0.4 is 10.1 Å². The number of hydrogen-bond acceptors (Lipinski definition) is 4. The average Bonchev–Trinajstić information content (AvgIpc) is 3.15. The van der Waals surface area contributed by atoms with E-state index in [1.54, 1.807) is 17.0 Å². The second-order valence-electron chi connectivity index (χ2n) is 9.22. The van der Waals surface area contributed by atoms with Crippen molar-refractivity contribution in [3.8, 4) is 5.75 Å². The van der Waals surface area contributed by atoms with Crippen LogP contribution in [-0.4, -0.2) is 52.5 Å². The number of hydrogen-bond donors (Lipinski definition) is 1. The number of ether oxygens (including phenoxy) is 1. The average molecular weight is 550 g/mol. The fraction of sp³-hybridized carbons (Fsp3) is 0.300. The molecule has 3 aromatic rings. The summed E-state index contributed by atoms with van der Waals surface area (Å²) in [6.45, 7) is 3.68. The highest BCUT2D eigenvalue weighted by Crippen LogP contribution is 2.24. The number of carbonyl (C=O) groups excluding carboxylic acids is 2. The van der Waals surface area contributed by atoms with Crippen molar-refractivity contribution < 1.29 is 14.3 Å². The molecular formula is C30H32ClN3O3S. The summed E-state index contributed by atoms with van der Waals surface area (Å²) in [5, 5.41) is 4.05. The normalized spacial score (nSPS) is 15.2. The summed E-state index contributed by atoms with van der Waals surface area (Å²) in [5.74, 6) is 0.374. The number of amides is 2. The maximum Gasteiger partial charge on any atom is 0.252 e. The zero-order valence-corrected chi connectivity index (χ0v) is 23.0. The summed E-state index contributed by atoms with van der Waals surface area (Å²) in [6.07, 6.45) is 2.29. The molecule has 6 nitrogen and oxygen atoms in total. The molecule has 1 atom stereocenters. The van der Waals surface area contributed by atoms with E-state index >= 15 is 0 Å². The predicted molar refractivity (Wildman–Crippen MR) is 156 cm³/mol. The minimum atomic E-state index is -0.655. The van der Waals surface area contributed by atoms with Crippen LogP contribution in [0.5, 0.6) is 5.75 Å². The zero-order chi connectivity index (χ0) is 26.9. The number of nitrogens with zero attached hydrogens (tertiary/aromatic N) is 2. The molecule has 0 aromatic heterocycles. The summed E-state index contributed by atoms with van der Waals surface area (Å²) in [5.41, 5.74) is 2.87. The van der Waals surface area contributed by atoms with Crippen molar-refractivity contribution in [2.75, 3.05) is 25.0 Å². The Labute approximate surface area is 234 Å². The van der Waals surface area contributed by atoms with Crippen molar-refractivity contribution in [1.29, 1.82) is 0 Å². The van der Waals surface area contributed by atoms with Crippen LogP contribution in [0.25, 0.3) is 0 Å². The minimum Gasteiger partial charge on any atom is -0.494 e. The molecule has 1 fully saturated rings. The number of thiocarbonyl (C=S) groups is 1. The van der Waals surface area contributed by atoms with Crippen LogP contribution in [0.1, 0.15) is 30.9 Å². The lowest BCUT2D eigenvalue weighted by Crippen LogP contribution is -2.39. The van der Waals surface area contributed by atoms with Gasteiger partial charge in [0.1, 0.15) is 11.8 Å². The van der Waals surface area contributed by atoms with Crippen molar-refractivity contribution in [3.05, 3.63) is 95.0 Å². The van der Waals surface area contributed by atoms with Gasteiger partial charge < -0.3 is 15.0 Å². The molecule has 0 saturated carbocycles. The Kier molecular flexibility index (Phi) is 9.73. The van der Waals surface area contributed by atoms with Gasteiger partial charge in [0.15, 0.2) is 5.11 Å². The van der Waals surface area contributed by atoms with Crippen molar-refractivity contribution in [3.63, 3.8) is 0 Å².